The van der Waals surface area contributed by atoms with Crippen LogP contribution in [0.4, 0.5) is 0 Å². The first kappa shape index (κ1) is 16.5. The van der Waals surface area contributed by atoms with E-state index in [-0.39, 0.29) is 0 Å². The molecule has 0 aromatic carbocycles. The molecule has 1 nitrogen and oxygen atoms in total. The maximum atomic E-state index is 3.75. The Morgan fingerprint density at radius 3 is 2.35 bits per heavy atom. The maximum Gasteiger partial charge on any atom is 0.0701 e. The van der Waals surface area contributed by atoms with Gasteiger partial charge in [-0.25, -0.2) is 0 Å². The van der Waals surface area contributed by atoms with Gasteiger partial charge in [0.05, 0.1) is 3.79 Å². The predicted octanol–water partition coefficient (Wildman–Crippen LogP) is 5.49. The van der Waals surface area contributed by atoms with Gasteiger partial charge in [0.15, 0.2) is 0 Å². The summed E-state index contributed by atoms with van der Waals surface area (Å²) >= 11 is 5.47. The van der Waals surface area contributed by atoms with Gasteiger partial charge in [0.1, 0.15) is 0 Å². The van der Waals surface area contributed by atoms with Gasteiger partial charge in [0.25, 0.3) is 0 Å². The number of hydrogen-bond acceptors (Lipinski definition) is 2. The minimum Gasteiger partial charge on any atom is -0.314 e. The minimum atomic E-state index is 0.665. The van der Waals surface area contributed by atoms with Gasteiger partial charge in [0, 0.05) is 10.9 Å². The Balaban J connectivity index is 1.92. The summed E-state index contributed by atoms with van der Waals surface area (Å²) in [7, 11) is 0. The number of nitrogens with one attached hydrogen (secondary N) is 1. The molecule has 1 aromatic rings. The summed E-state index contributed by atoms with van der Waals surface area (Å²) in [4.78, 5) is 1.51. The molecular weight excluding hydrogens is 330 g/mol. The van der Waals surface area contributed by atoms with Crippen LogP contribution in [0.3, 0.4) is 0 Å². The normalized spacial score (nSPS) is 25.1. The van der Waals surface area contributed by atoms with Crippen molar-refractivity contribution < 1.29 is 0 Å². The van der Waals surface area contributed by atoms with E-state index in [0.29, 0.717) is 6.04 Å². The van der Waals surface area contributed by atoms with E-state index in [1.807, 2.05) is 11.3 Å². The second-order valence-corrected chi connectivity index (χ2v) is 9.04. The molecule has 0 amide bonds. The quantitative estimate of drug-likeness (QED) is 0.709. The monoisotopic (exact) mass is 357 g/mol. The number of likely N-dealkylation sites (N-methyl/N-ethyl adjacent to an activating group) is 1. The van der Waals surface area contributed by atoms with Gasteiger partial charge in [-0.3, -0.25) is 0 Å². The van der Waals surface area contributed by atoms with E-state index in [2.05, 4.69) is 54.2 Å². The van der Waals surface area contributed by atoms with E-state index in [1.54, 1.807) is 0 Å². The zero-order valence-corrected chi connectivity index (χ0v) is 15.4. The number of thiophene rings is 1. The Morgan fingerprint density at radius 1 is 1.20 bits per heavy atom. The van der Waals surface area contributed by atoms with Crippen LogP contribution in [-0.2, 0) is 6.42 Å². The van der Waals surface area contributed by atoms with Gasteiger partial charge in [-0.05, 0) is 84.5 Å². The molecule has 0 radical (unpaired) electrons. The summed E-state index contributed by atoms with van der Waals surface area (Å²) in [5.74, 6) is 2.69. The summed E-state index contributed by atoms with van der Waals surface area (Å²) in [6, 6.07) is 5.12. The van der Waals surface area contributed by atoms with Crippen LogP contribution in [0.1, 0.15) is 51.3 Å². The average molecular weight is 358 g/mol. The predicted molar refractivity (Wildman–Crippen MR) is 93.5 cm³/mol. The fraction of sp³-hybridized carbons (Fsp3) is 0.765. The average Bonchev–Trinajstić information content (AvgIpc) is 2.84. The van der Waals surface area contributed by atoms with E-state index in [9.17, 15) is 0 Å². The summed E-state index contributed by atoms with van der Waals surface area (Å²) in [5, 5.41) is 3.75. The van der Waals surface area contributed by atoms with Crippen LogP contribution in [0.25, 0.3) is 0 Å². The molecular formula is C17H28BrNS. The lowest BCUT2D eigenvalue weighted by molar-refractivity contribution is 0.189. The second-order valence-electron chi connectivity index (χ2n) is 6.49. The smallest absolute Gasteiger partial charge is 0.0701 e. The zero-order chi connectivity index (χ0) is 14.5. The molecule has 3 heteroatoms. The fourth-order valence-corrected chi connectivity index (χ4v) is 5.10. The van der Waals surface area contributed by atoms with E-state index >= 15 is 0 Å². The largest absolute Gasteiger partial charge is 0.314 e. The molecule has 20 heavy (non-hydrogen) atoms. The van der Waals surface area contributed by atoms with Crippen molar-refractivity contribution in [1.29, 1.82) is 0 Å². The standard InChI is InChI=1S/C17H28BrNS/c1-4-19-16(11-15-9-10-17(18)20-15)14-7-5-13(6-8-14)12(2)3/h9-10,12-14,16,19H,4-8,11H2,1-3H3. The van der Waals surface area contributed by atoms with Crippen LogP contribution >= 0.6 is 27.3 Å². The molecule has 1 fully saturated rings. The van der Waals surface area contributed by atoms with Crippen molar-refractivity contribution in [2.45, 2.75) is 58.9 Å². The molecule has 1 heterocycles. The number of rotatable bonds is 6. The molecule has 1 saturated carbocycles. The van der Waals surface area contributed by atoms with Gasteiger partial charge < -0.3 is 5.32 Å². The van der Waals surface area contributed by atoms with E-state index in [0.717, 1.165) is 24.3 Å². The fourth-order valence-electron chi connectivity index (χ4n) is 3.56. The highest BCUT2D eigenvalue weighted by molar-refractivity contribution is 9.11. The SMILES string of the molecule is CCNC(Cc1ccc(Br)s1)C1CCC(C(C)C)CC1. The van der Waals surface area contributed by atoms with Crippen LogP contribution in [0.2, 0.25) is 0 Å². The third-order valence-corrected chi connectivity index (χ3v) is 6.49. The Bertz CT molecular complexity index is 393. The lowest BCUT2D eigenvalue weighted by Gasteiger charge is -2.35. The van der Waals surface area contributed by atoms with Crippen molar-refractivity contribution in [3.63, 3.8) is 0 Å². The molecule has 2 rings (SSSR count). The Hall–Kier alpha value is 0.140. The van der Waals surface area contributed by atoms with Crippen molar-refractivity contribution >= 4 is 27.3 Å². The summed E-state index contributed by atoms with van der Waals surface area (Å²) in [5.41, 5.74) is 0. The molecule has 1 aromatic heterocycles. The Labute approximate surface area is 136 Å². The molecule has 1 unspecified atom stereocenters. The van der Waals surface area contributed by atoms with Crippen LogP contribution < -0.4 is 5.32 Å². The minimum absolute atomic E-state index is 0.665. The van der Waals surface area contributed by atoms with E-state index in [4.69, 9.17) is 0 Å². The third-order valence-electron chi connectivity index (χ3n) is 4.84. The highest BCUT2D eigenvalue weighted by Crippen LogP contribution is 2.36. The number of hydrogen-bond donors (Lipinski definition) is 1. The van der Waals surface area contributed by atoms with Gasteiger partial charge in [-0.1, -0.05) is 20.8 Å². The maximum absolute atomic E-state index is 3.75. The van der Waals surface area contributed by atoms with Crippen LogP contribution in [0.5, 0.6) is 0 Å². The summed E-state index contributed by atoms with van der Waals surface area (Å²) in [6.45, 7) is 8.09. The van der Waals surface area contributed by atoms with E-state index < -0.39 is 0 Å². The molecule has 0 bridgehead atoms. The van der Waals surface area contributed by atoms with Gasteiger partial charge in [0.2, 0.25) is 0 Å². The Kier molecular flexibility index (Phi) is 6.57. The van der Waals surface area contributed by atoms with Crippen LogP contribution in [0, 0.1) is 17.8 Å². The molecule has 1 aliphatic carbocycles. The first-order valence-corrected chi connectivity index (χ1v) is 9.68. The number of halogens is 1. The third kappa shape index (κ3) is 4.57. The highest BCUT2D eigenvalue weighted by atomic mass is 79.9. The van der Waals surface area contributed by atoms with E-state index in [1.165, 1.54) is 40.8 Å². The van der Waals surface area contributed by atoms with Crippen molar-refractivity contribution in [2.75, 3.05) is 6.54 Å². The molecule has 0 aliphatic heterocycles. The Morgan fingerprint density at radius 2 is 1.85 bits per heavy atom. The van der Waals surface area contributed by atoms with Crippen LogP contribution in [-0.4, -0.2) is 12.6 Å². The summed E-state index contributed by atoms with van der Waals surface area (Å²) < 4.78 is 1.26. The molecule has 1 atom stereocenters. The van der Waals surface area contributed by atoms with Crippen molar-refractivity contribution in [1.82, 2.24) is 5.32 Å². The van der Waals surface area contributed by atoms with Crippen molar-refractivity contribution in [2.24, 2.45) is 17.8 Å². The zero-order valence-electron chi connectivity index (χ0n) is 13.0. The van der Waals surface area contributed by atoms with Crippen molar-refractivity contribution in [3.05, 3.63) is 20.8 Å². The molecule has 114 valence electrons. The molecule has 1 aliphatic rings. The molecule has 0 spiro atoms. The van der Waals surface area contributed by atoms with Crippen molar-refractivity contribution in [3.8, 4) is 0 Å². The van der Waals surface area contributed by atoms with Crippen LogP contribution in [0.15, 0.2) is 15.9 Å². The first-order chi connectivity index (χ1) is 9.60. The molecule has 1 N–H and O–H groups in total. The summed E-state index contributed by atoms with van der Waals surface area (Å²) in [6.07, 6.45) is 6.87. The first-order valence-electron chi connectivity index (χ1n) is 8.07. The molecule has 0 saturated heterocycles. The lowest BCUT2D eigenvalue weighted by atomic mass is 9.74. The highest BCUT2D eigenvalue weighted by Gasteiger charge is 2.28. The lowest BCUT2D eigenvalue weighted by Crippen LogP contribution is -2.40. The topological polar surface area (TPSA) is 12.0 Å². The van der Waals surface area contributed by atoms with Gasteiger partial charge in [-0.2, -0.15) is 0 Å². The second kappa shape index (κ2) is 7.95. The van der Waals surface area contributed by atoms with Gasteiger partial charge >= 0.3 is 0 Å². The van der Waals surface area contributed by atoms with Gasteiger partial charge in [-0.15, -0.1) is 11.3 Å².